The van der Waals surface area contributed by atoms with Gasteiger partial charge in [0.05, 0.1) is 0 Å². The molecule has 0 aliphatic heterocycles. The highest BCUT2D eigenvalue weighted by molar-refractivity contribution is 6.60. The van der Waals surface area contributed by atoms with Crippen LogP contribution in [0, 0.1) is 0 Å². The van der Waals surface area contributed by atoms with Gasteiger partial charge in [0.15, 0.2) is 0 Å². The molecular weight excluding hydrogens is 414 g/mol. The summed E-state index contributed by atoms with van der Waals surface area (Å²) >= 11 is 0. The molecule has 0 heterocycles. The molecule has 2 N–H and O–H groups in total. The predicted octanol–water partition coefficient (Wildman–Crippen LogP) is 8.40. The van der Waals surface area contributed by atoms with Crippen LogP contribution in [0.15, 0.2) is 0 Å². The Hall–Kier alpha value is 0.0569. The molecule has 0 aliphatic carbocycles. The fourth-order valence-electron chi connectivity index (χ4n) is 4.81. The maximum atomic E-state index is 7.01. The van der Waals surface area contributed by atoms with Gasteiger partial charge in [0.2, 0.25) is 0 Å². The van der Waals surface area contributed by atoms with Gasteiger partial charge in [-0.3, -0.25) is 0 Å². The van der Waals surface area contributed by atoms with Gasteiger partial charge < -0.3 is 19.0 Å². The Morgan fingerprint density at radius 3 is 1.16 bits per heavy atom. The SMILES string of the molecule is CCCCCCCCCCC(N)(CCCCCCCCCC)CCC[Si](OC)(OC)OC. The highest BCUT2D eigenvalue weighted by Gasteiger charge is 2.38. The zero-order valence-electron chi connectivity index (χ0n) is 22.7. The first kappa shape index (κ1) is 32.1. The lowest BCUT2D eigenvalue weighted by atomic mass is 9.83. The highest BCUT2D eigenvalue weighted by Crippen LogP contribution is 2.28. The third-order valence-electron chi connectivity index (χ3n) is 7.15. The molecule has 0 fully saturated rings. The van der Waals surface area contributed by atoms with Gasteiger partial charge in [0, 0.05) is 32.9 Å². The number of rotatable bonds is 25. The summed E-state index contributed by atoms with van der Waals surface area (Å²) in [5, 5.41) is 0. The summed E-state index contributed by atoms with van der Waals surface area (Å²) in [5.74, 6) is 0. The molecule has 0 radical (unpaired) electrons. The van der Waals surface area contributed by atoms with E-state index in [1.807, 2.05) is 0 Å². The summed E-state index contributed by atoms with van der Waals surface area (Å²) in [6.07, 6.45) is 26.1. The van der Waals surface area contributed by atoms with Crippen LogP contribution in [0.1, 0.15) is 142 Å². The van der Waals surface area contributed by atoms with Crippen LogP contribution >= 0.6 is 0 Å². The predicted molar refractivity (Wildman–Crippen MR) is 142 cm³/mol. The Balaban J connectivity index is 4.37. The molecule has 0 atom stereocenters. The fraction of sp³-hybridized carbons (Fsp3) is 1.00. The Labute approximate surface area is 203 Å². The minimum Gasteiger partial charge on any atom is -0.377 e. The monoisotopic (exact) mass is 473 g/mol. The van der Waals surface area contributed by atoms with E-state index in [1.54, 1.807) is 21.3 Å². The Kier molecular flexibility index (Phi) is 21.6. The Bertz CT molecular complexity index is 363. The van der Waals surface area contributed by atoms with Gasteiger partial charge in [-0.25, -0.2) is 0 Å². The lowest BCUT2D eigenvalue weighted by molar-refractivity contribution is 0.121. The molecule has 0 spiro atoms. The first-order valence-corrected chi connectivity index (χ1v) is 15.9. The van der Waals surface area contributed by atoms with Gasteiger partial charge in [-0.05, 0) is 25.7 Å². The summed E-state index contributed by atoms with van der Waals surface area (Å²) in [5.41, 5.74) is 6.96. The maximum Gasteiger partial charge on any atom is 0.500 e. The molecule has 0 rings (SSSR count). The van der Waals surface area contributed by atoms with Gasteiger partial charge in [0.25, 0.3) is 0 Å². The van der Waals surface area contributed by atoms with Crippen molar-refractivity contribution < 1.29 is 13.3 Å². The van der Waals surface area contributed by atoms with E-state index in [-0.39, 0.29) is 5.54 Å². The second-order valence-corrected chi connectivity index (χ2v) is 13.1. The average Bonchev–Trinajstić information content (AvgIpc) is 2.81. The molecule has 0 aromatic carbocycles. The normalized spacial score (nSPS) is 12.6. The smallest absolute Gasteiger partial charge is 0.377 e. The molecule has 0 saturated carbocycles. The van der Waals surface area contributed by atoms with E-state index in [0.717, 1.165) is 31.7 Å². The molecule has 0 aromatic heterocycles. The third-order valence-corrected chi connectivity index (χ3v) is 9.98. The van der Waals surface area contributed by atoms with Gasteiger partial charge >= 0.3 is 8.80 Å². The zero-order chi connectivity index (χ0) is 24.0. The van der Waals surface area contributed by atoms with Crippen molar-refractivity contribution in [2.24, 2.45) is 5.73 Å². The van der Waals surface area contributed by atoms with E-state index in [2.05, 4.69) is 13.8 Å². The fourth-order valence-corrected chi connectivity index (χ4v) is 6.53. The second-order valence-electron chi connectivity index (χ2n) is 9.96. The van der Waals surface area contributed by atoms with Crippen LogP contribution < -0.4 is 5.73 Å². The Morgan fingerprint density at radius 2 is 0.812 bits per heavy atom. The molecule has 0 aliphatic rings. The van der Waals surface area contributed by atoms with E-state index in [9.17, 15) is 0 Å². The molecule has 5 heteroatoms. The number of hydrogen-bond donors (Lipinski definition) is 1. The van der Waals surface area contributed by atoms with Crippen molar-refractivity contribution in [1.29, 1.82) is 0 Å². The van der Waals surface area contributed by atoms with Crippen LogP contribution in [0.2, 0.25) is 6.04 Å². The van der Waals surface area contributed by atoms with Crippen molar-refractivity contribution in [3.05, 3.63) is 0 Å². The average molecular weight is 474 g/mol. The molecular formula is C27H59NO3Si. The lowest BCUT2D eigenvalue weighted by Gasteiger charge is -2.32. The second kappa shape index (κ2) is 21.6. The molecule has 194 valence electrons. The zero-order valence-corrected chi connectivity index (χ0v) is 23.7. The minimum absolute atomic E-state index is 0.0419. The topological polar surface area (TPSA) is 53.7 Å². The van der Waals surface area contributed by atoms with Crippen LogP contribution in [0.5, 0.6) is 0 Å². The minimum atomic E-state index is -2.49. The van der Waals surface area contributed by atoms with Crippen molar-refractivity contribution >= 4 is 8.80 Å². The molecule has 32 heavy (non-hydrogen) atoms. The van der Waals surface area contributed by atoms with Crippen molar-refractivity contribution in [3.63, 3.8) is 0 Å². The molecule has 0 aromatic rings. The van der Waals surface area contributed by atoms with E-state index < -0.39 is 8.80 Å². The van der Waals surface area contributed by atoms with Gasteiger partial charge in [-0.2, -0.15) is 0 Å². The maximum absolute atomic E-state index is 7.01. The summed E-state index contributed by atoms with van der Waals surface area (Å²) in [4.78, 5) is 0. The largest absolute Gasteiger partial charge is 0.500 e. The van der Waals surface area contributed by atoms with Crippen LogP contribution in [0.4, 0.5) is 0 Å². The highest BCUT2D eigenvalue weighted by atomic mass is 28.4. The van der Waals surface area contributed by atoms with Gasteiger partial charge in [0.1, 0.15) is 0 Å². The summed E-state index contributed by atoms with van der Waals surface area (Å²) in [7, 11) is 2.62. The number of nitrogens with two attached hydrogens (primary N) is 1. The van der Waals surface area contributed by atoms with Crippen molar-refractivity contribution in [2.75, 3.05) is 21.3 Å². The van der Waals surface area contributed by atoms with Crippen LogP contribution in [0.25, 0.3) is 0 Å². The van der Waals surface area contributed by atoms with E-state index >= 15 is 0 Å². The van der Waals surface area contributed by atoms with Crippen LogP contribution in [0.3, 0.4) is 0 Å². The summed E-state index contributed by atoms with van der Waals surface area (Å²) in [6, 6.07) is 0.851. The molecule has 0 bridgehead atoms. The first-order valence-electron chi connectivity index (χ1n) is 14.0. The molecule has 4 nitrogen and oxygen atoms in total. The number of unbranched alkanes of at least 4 members (excludes halogenated alkanes) is 14. The van der Waals surface area contributed by atoms with Crippen molar-refractivity contribution in [2.45, 2.75) is 154 Å². The molecule has 0 unspecified atom stereocenters. The summed E-state index contributed by atoms with van der Waals surface area (Å²) in [6.45, 7) is 4.57. The number of hydrogen-bond acceptors (Lipinski definition) is 4. The van der Waals surface area contributed by atoms with E-state index in [0.29, 0.717) is 0 Å². The van der Waals surface area contributed by atoms with E-state index in [4.69, 9.17) is 19.0 Å². The van der Waals surface area contributed by atoms with E-state index in [1.165, 1.54) is 103 Å². The first-order chi connectivity index (χ1) is 15.5. The van der Waals surface area contributed by atoms with Crippen LogP contribution in [-0.4, -0.2) is 35.7 Å². The van der Waals surface area contributed by atoms with Crippen molar-refractivity contribution in [3.8, 4) is 0 Å². The third kappa shape index (κ3) is 16.6. The quantitative estimate of drug-likeness (QED) is 0.107. The summed E-state index contributed by atoms with van der Waals surface area (Å²) < 4.78 is 16.8. The molecule has 0 saturated heterocycles. The van der Waals surface area contributed by atoms with Gasteiger partial charge in [-0.15, -0.1) is 0 Å². The van der Waals surface area contributed by atoms with Crippen LogP contribution in [-0.2, 0) is 13.3 Å². The molecule has 0 amide bonds. The van der Waals surface area contributed by atoms with Crippen molar-refractivity contribution in [1.82, 2.24) is 0 Å². The van der Waals surface area contributed by atoms with Gasteiger partial charge in [-0.1, -0.05) is 117 Å². The standard InChI is InChI=1S/C27H59NO3Si/c1-6-8-10-12-14-16-18-20-23-27(28,24-21-19-17-15-13-11-9-7-2)25-22-26-32(29-3,30-4)31-5/h6-26,28H2,1-5H3. The lowest BCUT2D eigenvalue weighted by Crippen LogP contribution is -2.44. The Morgan fingerprint density at radius 1 is 0.500 bits per heavy atom.